The minimum absolute atomic E-state index is 0.0818. The summed E-state index contributed by atoms with van der Waals surface area (Å²) >= 11 is 7.87. The van der Waals surface area contributed by atoms with Gasteiger partial charge in [0.1, 0.15) is 5.15 Å². The zero-order valence-electron chi connectivity index (χ0n) is 14.1. The van der Waals surface area contributed by atoms with Gasteiger partial charge in [0.25, 0.3) is 5.91 Å². The van der Waals surface area contributed by atoms with Gasteiger partial charge in [-0.05, 0) is 59.3 Å². The molecule has 0 saturated carbocycles. The van der Waals surface area contributed by atoms with Crippen molar-refractivity contribution < 1.29 is 24.2 Å². The van der Waals surface area contributed by atoms with E-state index in [0.717, 1.165) is 0 Å². The molecule has 1 heterocycles. The summed E-state index contributed by atoms with van der Waals surface area (Å²) in [5.74, 6) is -0.863. The number of aromatic nitrogens is 1. The molecule has 0 aliphatic heterocycles. The Labute approximate surface area is 173 Å². The molecule has 1 amide bonds. The predicted octanol–water partition coefficient (Wildman–Crippen LogP) is 2.97. The van der Waals surface area contributed by atoms with Gasteiger partial charge in [0, 0.05) is 6.20 Å². The zero-order valence-corrected chi connectivity index (χ0v) is 17.0. The quantitative estimate of drug-likeness (QED) is 0.248. The largest absolute Gasteiger partial charge is 0.490 e. The van der Waals surface area contributed by atoms with E-state index in [9.17, 15) is 9.59 Å². The summed E-state index contributed by atoms with van der Waals surface area (Å²) in [5.41, 5.74) is 3.20. The van der Waals surface area contributed by atoms with Crippen molar-refractivity contribution >= 4 is 52.3 Å². The predicted molar refractivity (Wildman–Crippen MR) is 108 cm³/mol. The first-order valence-corrected chi connectivity index (χ1v) is 9.13. The molecular weight excluding hydrogens is 489 g/mol. The lowest BCUT2D eigenvalue weighted by molar-refractivity contribution is -0.139. The second-order valence-corrected chi connectivity index (χ2v) is 6.51. The van der Waals surface area contributed by atoms with Crippen molar-refractivity contribution in [2.45, 2.75) is 6.92 Å². The molecule has 142 valence electrons. The van der Waals surface area contributed by atoms with E-state index in [4.69, 9.17) is 26.2 Å². The van der Waals surface area contributed by atoms with Crippen molar-refractivity contribution in [2.24, 2.45) is 5.10 Å². The molecule has 0 radical (unpaired) electrons. The number of ether oxygens (including phenoxy) is 2. The van der Waals surface area contributed by atoms with Crippen LogP contribution in [0.15, 0.2) is 35.6 Å². The van der Waals surface area contributed by atoms with E-state index in [1.54, 1.807) is 25.1 Å². The van der Waals surface area contributed by atoms with Crippen LogP contribution in [0.3, 0.4) is 0 Å². The average molecular weight is 504 g/mol. The van der Waals surface area contributed by atoms with Crippen LogP contribution in [0.25, 0.3) is 0 Å². The maximum absolute atomic E-state index is 12.0. The average Bonchev–Trinajstić information content (AvgIpc) is 2.61. The molecule has 1 aromatic heterocycles. The van der Waals surface area contributed by atoms with E-state index in [2.05, 4.69) is 15.5 Å². The lowest BCUT2D eigenvalue weighted by atomic mass is 10.2. The highest BCUT2D eigenvalue weighted by molar-refractivity contribution is 14.1. The molecule has 0 unspecified atom stereocenters. The minimum Gasteiger partial charge on any atom is -0.490 e. The van der Waals surface area contributed by atoms with Crippen LogP contribution in [0.4, 0.5) is 0 Å². The number of carbonyl (C=O) groups excluding carboxylic acids is 1. The molecule has 27 heavy (non-hydrogen) atoms. The van der Waals surface area contributed by atoms with Crippen molar-refractivity contribution in [2.75, 3.05) is 13.2 Å². The first kappa shape index (κ1) is 20.9. The Balaban J connectivity index is 2.15. The van der Waals surface area contributed by atoms with E-state index in [1.165, 1.54) is 18.5 Å². The van der Waals surface area contributed by atoms with E-state index in [1.807, 2.05) is 22.6 Å². The number of hydrazone groups is 1. The highest BCUT2D eigenvalue weighted by Crippen LogP contribution is 2.33. The van der Waals surface area contributed by atoms with Crippen LogP contribution in [-0.4, -0.2) is 41.4 Å². The third-order valence-electron chi connectivity index (χ3n) is 3.06. The highest BCUT2D eigenvalue weighted by atomic mass is 127. The first-order valence-electron chi connectivity index (χ1n) is 7.67. The molecule has 2 rings (SSSR count). The summed E-state index contributed by atoms with van der Waals surface area (Å²) in [6.45, 7) is 1.69. The molecule has 8 nitrogen and oxygen atoms in total. The van der Waals surface area contributed by atoms with Gasteiger partial charge >= 0.3 is 5.97 Å². The van der Waals surface area contributed by atoms with Gasteiger partial charge in [-0.1, -0.05) is 11.6 Å². The number of halogens is 2. The summed E-state index contributed by atoms with van der Waals surface area (Å²) < 4.78 is 11.4. The van der Waals surface area contributed by atoms with E-state index in [-0.39, 0.29) is 10.7 Å². The molecule has 0 aliphatic carbocycles. The SMILES string of the molecule is CCOc1cc(C=NNC(=O)c2cccnc2Cl)cc(I)c1OCC(=O)O. The van der Waals surface area contributed by atoms with E-state index in [0.29, 0.717) is 27.2 Å². The normalized spacial score (nSPS) is 10.6. The van der Waals surface area contributed by atoms with Crippen LogP contribution in [-0.2, 0) is 4.79 Å². The summed E-state index contributed by atoms with van der Waals surface area (Å²) in [6.07, 6.45) is 2.90. The van der Waals surface area contributed by atoms with Gasteiger partial charge in [-0.3, -0.25) is 4.79 Å². The fourth-order valence-corrected chi connectivity index (χ4v) is 2.97. The molecule has 0 spiro atoms. The van der Waals surface area contributed by atoms with Gasteiger partial charge in [-0.15, -0.1) is 0 Å². The number of nitrogens with zero attached hydrogens (tertiary/aromatic N) is 2. The number of carboxylic acids is 1. The van der Waals surface area contributed by atoms with Gasteiger partial charge in [-0.2, -0.15) is 5.10 Å². The van der Waals surface area contributed by atoms with Crippen LogP contribution < -0.4 is 14.9 Å². The fraction of sp³-hybridized carbons (Fsp3) is 0.176. The van der Waals surface area contributed by atoms with Gasteiger partial charge in [0.05, 0.1) is 22.0 Å². The Morgan fingerprint density at radius 2 is 2.19 bits per heavy atom. The second-order valence-electron chi connectivity index (χ2n) is 4.99. The smallest absolute Gasteiger partial charge is 0.341 e. The Morgan fingerprint density at radius 1 is 1.41 bits per heavy atom. The third kappa shape index (κ3) is 6.07. The maximum Gasteiger partial charge on any atom is 0.341 e. The van der Waals surface area contributed by atoms with Crippen molar-refractivity contribution in [1.29, 1.82) is 0 Å². The number of amides is 1. The topological polar surface area (TPSA) is 110 Å². The molecule has 2 aromatic rings. The Kier molecular flexibility index (Phi) is 7.80. The molecule has 0 aliphatic rings. The maximum atomic E-state index is 12.0. The van der Waals surface area contributed by atoms with Gasteiger partial charge in [-0.25, -0.2) is 15.2 Å². The monoisotopic (exact) mass is 503 g/mol. The first-order chi connectivity index (χ1) is 12.9. The van der Waals surface area contributed by atoms with Crippen LogP contribution in [0.2, 0.25) is 5.15 Å². The molecule has 0 saturated heterocycles. The fourth-order valence-electron chi connectivity index (χ4n) is 1.98. The van der Waals surface area contributed by atoms with Crippen molar-refractivity contribution in [1.82, 2.24) is 10.4 Å². The third-order valence-corrected chi connectivity index (χ3v) is 4.16. The lowest BCUT2D eigenvalue weighted by Gasteiger charge is -2.13. The number of carboxylic acid groups (broad SMARTS) is 1. The number of hydrogen-bond donors (Lipinski definition) is 2. The Morgan fingerprint density at radius 3 is 2.85 bits per heavy atom. The molecule has 0 fully saturated rings. The number of pyridine rings is 1. The lowest BCUT2D eigenvalue weighted by Crippen LogP contribution is -2.18. The van der Waals surface area contributed by atoms with Crippen molar-refractivity contribution in [3.05, 3.63) is 50.3 Å². The molecule has 10 heteroatoms. The highest BCUT2D eigenvalue weighted by Gasteiger charge is 2.13. The van der Waals surface area contributed by atoms with Crippen LogP contribution in [0, 0.1) is 3.57 Å². The van der Waals surface area contributed by atoms with Crippen molar-refractivity contribution in [3.8, 4) is 11.5 Å². The van der Waals surface area contributed by atoms with E-state index < -0.39 is 18.5 Å². The summed E-state index contributed by atoms with van der Waals surface area (Å²) in [7, 11) is 0. The van der Waals surface area contributed by atoms with Crippen LogP contribution in [0.1, 0.15) is 22.8 Å². The molecule has 0 bridgehead atoms. The standard InChI is InChI=1S/C17H15ClIN3O5/c1-2-26-13-7-10(6-12(19)15(13)27-9-14(23)24)8-21-22-17(25)11-4-3-5-20-16(11)18/h3-8H,2,9H2,1H3,(H,22,25)(H,23,24). The summed E-state index contributed by atoms with van der Waals surface area (Å²) in [4.78, 5) is 26.6. The number of benzene rings is 1. The minimum atomic E-state index is -1.09. The Hall–Kier alpha value is -2.40. The Bertz CT molecular complexity index is 876. The molecule has 1 aromatic carbocycles. The van der Waals surface area contributed by atoms with Gasteiger partial charge in [0.15, 0.2) is 18.1 Å². The number of rotatable bonds is 8. The number of carbonyl (C=O) groups is 2. The van der Waals surface area contributed by atoms with Gasteiger partial charge in [0.2, 0.25) is 0 Å². The molecule has 0 atom stereocenters. The molecule has 2 N–H and O–H groups in total. The number of nitrogens with one attached hydrogen (secondary N) is 1. The number of aliphatic carboxylic acids is 1. The number of hydrogen-bond acceptors (Lipinski definition) is 6. The van der Waals surface area contributed by atoms with E-state index >= 15 is 0 Å². The van der Waals surface area contributed by atoms with Crippen LogP contribution >= 0.6 is 34.2 Å². The van der Waals surface area contributed by atoms with Crippen LogP contribution in [0.5, 0.6) is 11.5 Å². The summed E-state index contributed by atoms with van der Waals surface area (Å²) in [6, 6.07) is 6.48. The second kappa shape index (κ2) is 10.1. The zero-order chi connectivity index (χ0) is 19.8. The summed E-state index contributed by atoms with van der Waals surface area (Å²) in [5, 5.41) is 12.8. The molecular formula is C17H15ClIN3O5. The van der Waals surface area contributed by atoms with Crippen molar-refractivity contribution in [3.63, 3.8) is 0 Å². The van der Waals surface area contributed by atoms with Gasteiger partial charge < -0.3 is 14.6 Å².